The Bertz CT molecular complexity index is 3170. The van der Waals surface area contributed by atoms with E-state index in [0.29, 0.717) is 0 Å². The maximum absolute atomic E-state index is 2.54. The summed E-state index contributed by atoms with van der Waals surface area (Å²) >= 11 is 1.86. The molecule has 2 aliphatic carbocycles. The number of anilines is 3. The minimum Gasteiger partial charge on any atom is -0.307 e. The topological polar surface area (TPSA) is 3.24 Å². The number of para-hydroxylation sites is 2. The van der Waals surface area contributed by atoms with Crippen LogP contribution < -0.4 is 4.90 Å². The van der Waals surface area contributed by atoms with E-state index in [4.69, 9.17) is 0 Å². The quantitative estimate of drug-likeness (QED) is 0.165. The van der Waals surface area contributed by atoms with Crippen LogP contribution in [-0.2, 0) is 10.8 Å². The van der Waals surface area contributed by atoms with Gasteiger partial charge in [0.25, 0.3) is 0 Å². The average molecular weight is 760 g/mol. The lowest BCUT2D eigenvalue weighted by atomic mass is 9.80. The fraction of sp³-hybridized carbons (Fsp3) is 0.107. The van der Waals surface area contributed by atoms with Gasteiger partial charge in [-0.05, 0) is 114 Å². The first kappa shape index (κ1) is 33.8. The number of benzene rings is 9. The number of fused-ring (bicyclic) bond motifs is 10. The van der Waals surface area contributed by atoms with Crippen LogP contribution in [0.4, 0.5) is 17.1 Å². The van der Waals surface area contributed by atoms with Crippen LogP contribution in [0.25, 0.3) is 66.1 Å². The molecule has 12 rings (SSSR count). The van der Waals surface area contributed by atoms with Crippen molar-refractivity contribution >= 4 is 50.4 Å². The molecule has 9 aromatic rings. The van der Waals surface area contributed by atoms with Crippen molar-refractivity contribution in [1.82, 2.24) is 0 Å². The largest absolute Gasteiger partial charge is 0.307 e. The molecule has 0 bridgehead atoms. The lowest BCUT2D eigenvalue weighted by Gasteiger charge is -2.35. The lowest BCUT2D eigenvalue weighted by molar-refractivity contribution is 0.660. The number of rotatable bonds is 3. The van der Waals surface area contributed by atoms with E-state index >= 15 is 0 Å². The molecule has 0 radical (unpaired) electrons. The number of hydrogen-bond acceptors (Lipinski definition) is 2. The van der Waals surface area contributed by atoms with Crippen molar-refractivity contribution in [3.05, 3.63) is 198 Å². The Hall–Kier alpha value is -6.35. The van der Waals surface area contributed by atoms with E-state index in [1.165, 1.54) is 115 Å². The van der Waals surface area contributed by atoms with Gasteiger partial charge in [-0.1, -0.05) is 179 Å². The van der Waals surface area contributed by atoms with Crippen molar-refractivity contribution in [3.8, 4) is 44.5 Å². The van der Waals surface area contributed by atoms with Crippen LogP contribution in [0.3, 0.4) is 0 Å². The first-order valence-electron chi connectivity index (χ1n) is 20.4. The summed E-state index contributed by atoms with van der Waals surface area (Å²) in [5.74, 6) is 0. The summed E-state index contributed by atoms with van der Waals surface area (Å²) in [5, 5.41) is 5.01. The van der Waals surface area contributed by atoms with E-state index in [0.717, 1.165) is 0 Å². The van der Waals surface area contributed by atoms with Gasteiger partial charge in [0.2, 0.25) is 0 Å². The van der Waals surface area contributed by atoms with Crippen LogP contribution in [0.2, 0.25) is 0 Å². The Morgan fingerprint density at radius 3 is 1.64 bits per heavy atom. The first-order valence-corrected chi connectivity index (χ1v) is 21.3. The predicted octanol–water partition coefficient (Wildman–Crippen LogP) is 15.9. The summed E-state index contributed by atoms with van der Waals surface area (Å²) in [4.78, 5) is 5.07. The summed E-state index contributed by atoms with van der Waals surface area (Å²) in [6.45, 7) is 9.52. The molecule has 276 valence electrons. The van der Waals surface area contributed by atoms with E-state index in [-0.39, 0.29) is 10.8 Å². The predicted molar refractivity (Wildman–Crippen MR) is 246 cm³/mol. The van der Waals surface area contributed by atoms with Gasteiger partial charge in [-0.2, -0.15) is 0 Å². The molecule has 0 atom stereocenters. The molecule has 58 heavy (non-hydrogen) atoms. The standard InChI is InChI=1S/C56H41NS/c1-55(2)45-22-10-8-19-41(45)53-42(20-15-23-46(53)55)52-38-17-5-6-18-39(38)54(57-48-24-11-13-26-50(48)58-51-27-14-12-25-49(51)57)40-31-29-34(32-43(40)52)35-28-30-37-36-16-7-9-21-44(36)56(3,4)47(37)33-35/h5-33H,1-4H3. The summed E-state index contributed by atoms with van der Waals surface area (Å²) < 4.78 is 0. The van der Waals surface area contributed by atoms with Crippen molar-refractivity contribution in [2.75, 3.05) is 4.90 Å². The molecule has 1 nitrogen and oxygen atoms in total. The van der Waals surface area contributed by atoms with Gasteiger partial charge in [-0.25, -0.2) is 0 Å². The summed E-state index contributed by atoms with van der Waals surface area (Å²) in [6.07, 6.45) is 0. The van der Waals surface area contributed by atoms with Gasteiger partial charge >= 0.3 is 0 Å². The molecule has 3 aliphatic rings. The monoisotopic (exact) mass is 759 g/mol. The van der Waals surface area contributed by atoms with Crippen molar-refractivity contribution in [2.24, 2.45) is 0 Å². The van der Waals surface area contributed by atoms with Crippen molar-refractivity contribution in [1.29, 1.82) is 0 Å². The zero-order chi connectivity index (χ0) is 38.9. The number of nitrogens with zero attached hydrogens (tertiary/aromatic N) is 1. The van der Waals surface area contributed by atoms with Gasteiger partial charge < -0.3 is 4.90 Å². The van der Waals surface area contributed by atoms with Crippen LogP contribution in [0.1, 0.15) is 49.9 Å². The van der Waals surface area contributed by atoms with Crippen molar-refractivity contribution < 1.29 is 0 Å². The zero-order valence-electron chi connectivity index (χ0n) is 33.1. The Kier molecular flexibility index (Phi) is 7.03. The van der Waals surface area contributed by atoms with Gasteiger partial charge in [0.15, 0.2) is 0 Å². The second-order valence-electron chi connectivity index (χ2n) is 17.2. The molecular formula is C56H41NS. The molecule has 0 fully saturated rings. The van der Waals surface area contributed by atoms with Crippen LogP contribution >= 0.6 is 11.8 Å². The molecule has 0 saturated heterocycles. The van der Waals surface area contributed by atoms with Crippen LogP contribution in [0, 0.1) is 0 Å². The minimum atomic E-state index is -0.105. The summed E-state index contributed by atoms with van der Waals surface area (Å²) in [7, 11) is 0. The highest BCUT2D eigenvalue weighted by Crippen LogP contribution is 2.58. The van der Waals surface area contributed by atoms with Gasteiger partial charge in [0.1, 0.15) is 0 Å². The fourth-order valence-electron chi connectivity index (χ4n) is 10.7. The van der Waals surface area contributed by atoms with Crippen LogP contribution in [0.15, 0.2) is 186 Å². The van der Waals surface area contributed by atoms with E-state index in [9.17, 15) is 0 Å². The SMILES string of the molecule is CC1(C)c2ccccc2-c2ccc(-c3ccc4c(N5c6ccccc6Sc6ccccc65)c5ccccc5c(-c5cccc6c5-c5ccccc5C6(C)C)c4c3)cc21. The summed E-state index contributed by atoms with van der Waals surface area (Å²) in [6, 6.07) is 66.4. The number of hydrogen-bond donors (Lipinski definition) is 0. The highest BCUT2D eigenvalue weighted by atomic mass is 32.2. The highest BCUT2D eigenvalue weighted by molar-refractivity contribution is 7.99. The third-order valence-corrected chi connectivity index (χ3v) is 14.6. The normalized spacial score (nSPS) is 15.1. The van der Waals surface area contributed by atoms with Crippen molar-refractivity contribution in [3.63, 3.8) is 0 Å². The van der Waals surface area contributed by atoms with Gasteiger partial charge in [-0.15, -0.1) is 0 Å². The molecule has 9 aromatic carbocycles. The Morgan fingerprint density at radius 1 is 0.362 bits per heavy atom. The van der Waals surface area contributed by atoms with E-state index in [1.807, 2.05) is 11.8 Å². The molecular weight excluding hydrogens is 719 g/mol. The first-order chi connectivity index (χ1) is 28.3. The molecule has 1 heterocycles. The van der Waals surface area contributed by atoms with Gasteiger partial charge in [0, 0.05) is 31.4 Å². The third kappa shape index (κ3) is 4.55. The Morgan fingerprint density at radius 2 is 0.879 bits per heavy atom. The van der Waals surface area contributed by atoms with E-state index in [2.05, 4.69) is 209 Å². The van der Waals surface area contributed by atoms with Gasteiger partial charge in [-0.3, -0.25) is 0 Å². The van der Waals surface area contributed by atoms with Gasteiger partial charge in [0.05, 0.1) is 17.1 Å². The fourth-order valence-corrected chi connectivity index (χ4v) is 11.7. The zero-order valence-corrected chi connectivity index (χ0v) is 33.9. The molecule has 0 N–H and O–H groups in total. The second-order valence-corrected chi connectivity index (χ2v) is 18.3. The molecule has 1 aliphatic heterocycles. The molecule has 0 unspecified atom stereocenters. The van der Waals surface area contributed by atoms with Crippen LogP contribution in [0.5, 0.6) is 0 Å². The molecule has 0 spiro atoms. The van der Waals surface area contributed by atoms with E-state index in [1.54, 1.807) is 0 Å². The lowest BCUT2D eigenvalue weighted by Crippen LogP contribution is -2.16. The molecule has 2 heteroatoms. The molecule has 0 amide bonds. The minimum absolute atomic E-state index is 0.0782. The Balaban J connectivity index is 1.20. The van der Waals surface area contributed by atoms with Crippen molar-refractivity contribution in [2.45, 2.75) is 48.3 Å². The summed E-state index contributed by atoms with van der Waals surface area (Å²) in [5.41, 5.74) is 19.5. The third-order valence-electron chi connectivity index (χ3n) is 13.4. The Labute approximate surface area is 344 Å². The molecule has 0 saturated carbocycles. The maximum Gasteiger partial charge on any atom is 0.0619 e. The average Bonchev–Trinajstić information content (AvgIpc) is 3.64. The molecule has 0 aromatic heterocycles. The smallest absolute Gasteiger partial charge is 0.0619 e. The van der Waals surface area contributed by atoms with E-state index < -0.39 is 0 Å². The highest BCUT2D eigenvalue weighted by Gasteiger charge is 2.38. The maximum atomic E-state index is 2.54. The van der Waals surface area contributed by atoms with Crippen LogP contribution in [-0.4, -0.2) is 0 Å². The second kappa shape index (κ2) is 12.1.